The molecule has 0 aromatic carbocycles. The first kappa shape index (κ1) is 13.3. The van der Waals surface area contributed by atoms with Crippen LogP contribution in [0.15, 0.2) is 16.5 Å². The molecule has 0 bridgehead atoms. The molecule has 1 amide bonds. The number of aromatic nitrogens is 2. The molecule has 2 aromatic rings. The van der Waals surface area contributed by atoms with Crippen LogP contribution in [0.5, 0.6) is 0 Å². The van der Waals surface area contributed by atoms with Gasteiger partial charge in [0.15, 0.2) is 0 Å². The van der Waals surface area contributed by atoms with Crippen molar-refractivity contribution in [2.45, 2.75) is 39.0 Å². The highest BCUT2D eigenvalue weighted by Gasteiger charge is 2.36. The van der Waals surface area contributed by atoms with Crippen molar-refractivity contribution in [1.29, 1.82) is 0 Å². The number of carbonyl (C=O) groups is 1. The predicted octanol–water partition coefficient (Wildman–Crippen LogP) is 3.13. The molecule has 1 aliphatic carbocycles. The second-order valence-electron chi connectivity index (χ2n) is 5.30. The molecule has 1 N–H and O–H groups in total. The van der Waals surface area contributed by atoms with Crippen LogP contribution in [0.2, 0.25) is 0 Å². The van der Waals surface area contributed by atoms with E-state index in [1.165, 1.54) is 17.8 Å². The summed E-state index contributed by atoms with van der Waals surface area (Å²) in [6.07, 6.45) is 2.22. The van der Waals surface area contributed by atoms with Crippen LogP contribution in [0, 0.1) is 12.8 Å². The van der Waals surface area contributed by atoms with Gasteiger partial charge in [0.2, 0.25) is 11.0 Å². The van der Waals surface area contributed by atoms with Gasteiger partial charge in [0.1, 0.15) is 16.5 Å². The van der Waals surface area contributed by atoms with E-state index in [9.17, 15) is 4.79 Å². The summed E-state index contributed by atoms with van der Waals surface area (Å²) in [5.41, 5.74) is 0. The monoisotopic (exact) mass is 291 g/mol. The molecule has 1 aliphatic rings. The summed E-state index contributed by atoms with van der Waals surface area (Å²) < 4.78 is 5.78. The lowest BCUT2D eigenvalue weighted by molar-refractivity contribution is -0.116. The van der Waals surface area contributed by atoms with E-state index in [4.69, 9.17) is 4.42 Å². The molecular formula is C14H17N3O2S. The highest BCUT2D eigenvalue weighted by atomic mass is 32.1. The first-order valence-electron chi connectivity index (χ1n) is 6.80. The van der Waals surface area contributed by atoms with E-state index in [2.05, 4.69) is 22.4 Å². The summed E-state index contributed by atoms with van der Waals surface area (Å²) in [7, 11) is 0. The Bertz CT molecular complexity index is 619. The summed E-state index contributed by atoms with van der Waals surface area (Å²) >= 11 is 1.38. The van der Waals surface area contributed by atoms with Crippen LogP contribution in [0.25, 0.3) is 0 Å². The van der Waals surface area contributed by atoms with Crippen molar-refractivity contribution in [3.63, 3.8) is 0 Å². The standard InChI is InChI=1S/C14H17N3O2S/c1-8-7-11(8)12-5-3-10(19-12)4-6-13(18)15-14-17-16-9(2)20-14/h3,5,8,11H,4,6-7H2,1-2H3,(H,15,17,18)/t8-,11-/m0/s1. The lowest BCUT2D eigenvalue weighted by Crippen LogP contribution is -2.11. The maximum Gasteiger partial charge on any atom is 0.226 e. The molecule has 0 spiro atoms. The summed E-state index contributed by atoms with van der Waals surface area (Å²) in [5.74, 6) is 3.20. The molecule has 2 heterocycles. The Morgan fingerprint density at radius 3 is 2.95 bits per heavy atom. The molecule has 5 nitrogen and oxygen atoms in total. The number of anilines is 1. The molecule has 106 valence electrons. The average Bonchev–Trinajstić information content (AvgIpc) is 2.82. The number of nitrogens with zero attached hydrogens (tertiary/aromatic N) is 2. The van der Waals surface area contributed by atoms with Gasteiger partial charge in [-0.05, 0) is 31.4 Å². The Balaban J connectivity index is 1.49. The fraction of sp³-hybridized carbons (Fsp3) is 0.500. The number of hydrogen-bond donors (Lipinski definition) is 1. The van der Waals surface area contributed by atoms with Gasteiger partial charge in [0, 0.05) is 18.8 Å². The molecule has 3 rings (SSSR count). The van der Waals surface area contributed by atoms with Gasteiger partial charge in [-0.3, -0.25) is 4.79 Å². The van der Waals surface area contributed by atoms with Gasteiger partial charge in [-0.1, -0.05) is 18.3 Å². The van der Waals surface area contributed by atoms with Crippen molar-refractivity contribution >= 4 is 22.4 Å². The molecule has 6 heteroatoms. The third-order valence-corrected chi connectivity index (χ3v) is 4.28. The van der Waals surface area contributed by atoms with Gasteiger partial charge in [-0.15, -0.1) is 10.2 Å². The molecule has 0 saturated heterocycles. The van der Waals surface area contributed by atoms with Gasteiger partial charge >= 0.3 is 0 Å². The van der Waals surface area contributed by atoms with E-state index >= 15 is 0 Å². The minimum absolute atomic E-state index is 0.0566. The van der Waals surface area contributed by atoms with Gasteiger partial charge in [0.25, 0.3) is 0 Å². The Morgan fingerprint density at radius 2 is 2.30 bits per heavy atom. The summed E-state index contributed by atoms with van der Waals surface area (Å²) in [6.45, 7) is 4.08. The zero-order chi connectivity index (χ0) is 14.1. The van der Waals surface area contributed by atoms with E-state index in [0.29, 0.717) is 23.9 Å². The fourth-order valence-corrected chi connectivity index (χ4v) is 2.82. The minimum atomic E-state index is -0.0566. The molecule has 0 radical (unpaired) electrons. The second kappa shape index (κ2) is 5.36. The molecule has 20 heavy (non-hydrogen) atoms. The predicted molar refractivity (Wildman–Crippen MR) is 76.8 cm³/mol. The van der Waals surface area contributed by atoms with Crippen LogP contribution >= 0.6 is 11.3 Å². The maximum absolute atomic E-state index is 11.8. The fourth-order valence-electron chi connectivity index (χ4n) is 2.21. The Hall–Kier alpha value is -1.69. The number of aryl methyl sites for hydroxylation is 2. The highest BCUT2D eigenvalue weighted by molar-refractivity contribution is 7.15. The maximum atomic E-state index is 11.8. The molecule has 2 atom stereocenters. The highest BCUT2D eigenvalue weighted by Crippen LogP contribution is 2.47. The quantitative estimate of drug-likeness (QED) is 0.919. The number of nitrogens with one attached hydrogen (secondary N) is 1. The normalized spacial score (nSPS) is 20.9. The van der Waals surface area contributed by atoms with Crippen LogP contribution in [0.3, 0.4) is 0 Å². The van der Waals surface area contributed by atoms with E-state index < -0.39 is 0 Å². The van der Waals surface area contributed by atoms with Crippen molar-refractivity contribution in [1.82, 2.24) is 10.2 Å². The summed E-state index contributed by atoms with van der Waals surface area (Å²) in [6, 6.07) is 4.01. The van der Waals surface area contributed by atoms with Gasteiger partial charge < -0.3 is 9.73 Å². The average molecular weight is 291 g/mol. The number of rotatable bonds is 5. The van der Waals surface area contributed by atoms with Crippen molar-refractivity contribution in [3.8, 4) is 0 Å². The molecule has 2 aromatic heterocycles. The van der Waals surface area contributed by atoms with E-state index in [1.54, 1.807) is 0 Å². The van der Waals surface area contributed by atoms with Crippen LogP contribution in [-0.2, 0) is 11.2 Å². The molecule has 1 saturated carbocycles. The van der Waals surface area contributed by atoms with E-state index in [1.807, 2.05) is 19.1 Å². The van der Waals surface area contributed by atoms with E-state index in [-0.39, 0.29) is 5.91 Å². The third kappa shape index (κ3) is 3.07. The smallest absolute Gasteiger partial charge is 0.226 e. The van der Waals surface area contributed by atoms with Gasteiger partial charge in [0.05, 0.1) is 0 Å². The van der Waals surface area contributed by atoms with Crippen molar-refractivity contribution in [2.24, 2.45) is 5.92 Å². The topological polar surface area (TPSA) is 68.0 Å². The zero-order valence-corrected chi connectivity index (χ0v) is 12.4. The number of hydrogen-bond acceptors (Lipinski definition) is 5. The molecular weight excluding hydrogens is 274 g/mol. The molecule has 0 aliphatic heterocycles. The van der Waals surface area contributed by atoms with Gasteiger partial charge in [-0.2, -0.15) is 0 Å². The lowest BCUT2D eigenvalue weighted by Gasteiger charge is -1.99. The summed E-state index contributed by atoms with van der Waals surface area (Å²) in [4.78, 5) is 11.8. The minimum Gasteiger partial charge on any atom is -0.466 e. The van der Waals surface area contributed by atoms with Crippen LogP contribution < -0.4 is 5.32 Å². The number of furan rings is 1. The van der Waals surface area contributed by atoms with Crippen LogP contribution in [0.1, 0.15) is 42.2 Å². The van der Waals surface area contributed by atoms with Crippen LogP contribution in [0.4, 0.5) is 5.13 Å². The number of carbonyl (C=O) groups excluding carboxylic acids is 1. The van der Waals surface area contributed by atoms with Crippen molar-refractivity contribution in [2.75, 3.05) is 5.32 Å². The van der Waals surface area contributed by atoms with Gasteiger partial charge in [-0.25, -0.2) is 0 Å². The first-order chi connectivity index (χ1) is 9.61. The molecule has 1 fully saturated rings. The largest absolute Gasteiger partial charge is 0.466 e. The van der Waals surface area contributed by atoms with Crippen molar-refractivity contribution < 1.29 is 9.21 Å². The SMILES string of the molecule is Cc1nnc(NC(=O)CCc2ccc([C@H]3C[C@@H]3C)o2)s1. The Kier molecular flexibility index (Phi) is 3.56. The third-order valence-electron chi connectivity index (χ3n) is 3.53. The lowest BCUT2D eigenvalue weighted by atomic mass is 10.2. The zero-order valence-electron chi connectivity index (χ0n) is 11.5. The van der Waals surface area contributed by atoms with Crippen molar-refractivity contribution in [3.05, 3.63) is 28.7 Å². The number of amides is 1. The summed E-state index contributed by atoms with van der Waals surface area (Å²) in [5, 5.41) is 11.9. The molecule has 0 unspecified atom stereocenters. The second-order valence-corrected chi connectivity index (χ2v) is 6.48. The Morgan fingerprint density at radius 1 is 1.50 bits per heavy atom. The van der Waals surface area contributed by atoms with E-state index in [0.717, 1.165) is 22.4 Å². The van der Waals surface area contributed by atoms with Crippen LogP contribution in [-0.4, -0.2) is 16.1 Å². The Labute approximate surface area is 121 Å². The first-order valence-corrected chi connectivity index (χ1v) is 7.62.